The number of halogens is 4. The molecule has 0 aliphatic heterocycles. The number of pyridine rings is 1. The second kappa shape index (κ2) is 7.33. The van der Waals surface area contributed by atoms with Crippen LogP contribution in [-0.2, 0) is 0 Å². The van der Waals surface area contributed by atoms with Gasteiger partial charge in [-0.3, -0.25) is 4.79 Å². The van der Waals surface area contributed by atoms with Crippen molar-refractivity contribution in [3.8, 4) is 11.3 Å². The number of thiazole rings is 1. The second-order valence-corrected chi connectivity index (χ2v) is 9.16. The van der Waals surface area contributed by atoms with E-state index in [4.69, 9.17) is 17.3 Å². The van der Waals surface area contributed by atoms with Gasteiger partial charge in [0.2, 0.25) is 0 Å². The van der Waals surface area contributed by atoms with Crippen molar-refractivity contribution in [2.75, 3.05) is 0 Å². The van der Waals surface area contributed by atoms with Crippen molar-refractivity contribution in [2.45, 2.75) is 37.3 Å². The Morgan fingerprint density at radius 3 is 3.00 bits per heavy atom. The minimum atomic E-state index is -3.05. The zero-order valence-electron chi connectivity index (χ0n) is 14.3. The molecule has 0 radical (unpaired) electrons. The fourth-order valence-electron chi connectivity index (χ4n) is 3.33. The lowest BCUT2D eigenvalue weighted by Gasteiger charge is -2.36. The number of hydrogen-bond donors (Lipinski definition) is 2. The molecule has 1 fully saturated rings. The summed E-state index contributed by atoms with van der Waals surface area (Å²) in [5.74, 6) is -3.76. The van der Waals surface area contributed by atoms with E-state index in [9.17, 15) is 13.6 Å². The Morgan fingerprint density at radius 2 is 2.25 bits per heavy atom. The first-order valence-electron chi connectivity index (χ1n) is 8.50. The van der Waals surface area contributed by atoms with E-state index in [2.05, 4.69) is 31.3 Å². The SMILES string of the molecule is NC1CCCC(F)(F)C1NC(=O)c1nc(-c2cnn3cc(Br)ccc23)c(Cl)s1. The number of fused-ring (bicyclic) bond motifs is 1. The molecule has 0 spiro atoms. The van der Waals surface area contributed by atoms with E-state index in [0.717, 1.165) is 21.3 Å². The van der Waals surface area contributed by atoms with Crippen LogP contribution in [0.4, 0.5) is 8.78 Å². The minimum absolute atomic E-state index is 0.00466. The van der Waals surface area contributed by atoms with Crippen molar-refractivity contribution in [3.63, 3.8) is 0 Å². The van der Waals surface area contributed by atoms with E-state index >= 15 is 0 Å². The van der Waals surface area contributed by atoms with E-state index in [0.29, 0.717) is 24.1 Å². The Kier molecular flexibility index (Phi) is 5.15. The van der Waals surface area contributed by atoms with Gasteiger partial charge in [-0.2, -0.15) is 5.10 Å². The first-order valence-corrected chi connectivity index (χ1v) is 10.5. The topological polar surface area (TPSA) is 85.3 Å². The quantitative estimate of drug-likeness (QED) is 0.578. The highest BCUT2D eigenvalue weighted by Gasteiger charge is 2.46. The number of amides is 1. The number of carbonyl (C=O) groups excluding carboxylic acids is 1. The molecule has 3 heterocycles. The lowest BCUT2D eigenvalue weighted by molar-refractivity contribution is -0.0674. The number of nitrogens with two attached hydrogens (primary N) is 1. The lowest BCUT2D eigenvalue weighted by Crippen LogP contribution is -2.59. The van der Waals surface area contributed by atoms with Gasteiger partial charge in [0, 0.05) is 28.7 Å². The van der Waals surface area contributed by atoms with Crippen LogP contribution >= 0.6 is 38.9 Å². The van der Waals surface area contributed by atoms with Crippen molar-refractivity contribution >= 4 is 50.3 Å². The van der Waals surface area contributed by atoms with E-state index < -0.39 is 23.9 Å². The monoisotopic (exact) mass is 489 g/mol. The molecule has 11 heteroatoms. The molecule has 1 saturated carbocycles. The summed E-state index contributed by atoms with van der Waals surface area (Å²) in [6, 6.07) is 1.46. The van der Waals surface area contributed by atoms with Crippen molar-refractivity contribution in [3.05, 3.63) is 38.3 Å². The Hall–Kier alpha value is -1.62. The highest BCUT2D eigenvalue weighted by molar-refractivity contribution is 9.10. The largest absolute Gasteiger partial charge is 0.340 e. The molecule has 148 valence electrons. The third-order valence-corrected chi connectivity index (χ3v) is 6.45. The Morgan fingerprint density at radius 1 is 1.46 bits per heavy atom. The van der Waals surface area contributed by atoms with Crippen molar-refractivity contribution in [1.29, 1.82) is 0 Å². The fourth-order valence-corrected chi connectivity index (χ4v) is 4.73. The first kappa shape index (κ1) is 19.7. The number of alkyl halides is 2. The van der Waals surface area contributed by atoms with Gasteiger partial charge in [0.05, 0.1) is 11.7 Å². The van der Waals surface area contributed by atoms with Gasteiger partial charge in [-0.25, -0.2) is 18.3 Å². The summed E-state index contributed by atoms with van der Waals surface area (Å²) in [6.07, 6.45) is 3.84. The highest BCUT2D eigenvalue weighted by atomic mass is 79.9. The predicted molar refractivity (Wildman–Crippen MR) is 107 cm³/mol. The van der Waals surface area contributed by atoms with Crippen LogP contribution < -0.4 is 11.1 Å². The van der Waals surface area contributed by atoms with Gasteiger partial charge in [0.25, 0.3) is 11.8 Å². The van der Waals surface area contributed by atoms with Gasteiger partial charge in [0.1, 0.15) is 16.1 Å². The molecule has 3 aromatic heterocycles. The molecule has 3 aromatic rings. The zero-order valence-corrected chi connectivity index (χ0v) is 17.5. The molecular weight excluding hydrogens is 476 g/mol. The maximum Gasteiger partial charge on any atom is 0.280 e. The molecule has 0 aromatic carbocycles. The summed E-state index contributed by atoms with van der Waals surface area (Å²) in [7, 11) is 0. The first-order chi connectivity index (χ1) is 13.3. The molecule has 6 nitrogen and oxygen atoms in total. The second-order valence-electron chi connectivity index (χ2n) is 6.64. The minimum Gasteiger partial charge on any atom is -0.340 e. The van der Waals surface area contributed by atoms with Gasteiger partial charge in [0.15, 0.2) is 5.01 Å². The number of nitrogens with zero attached hydrogens (tertiary/aromatic N) is 3. The average Bonchev–Trinajstić information content (AvgIpc) is 3.20. The standard InChI is InChI=1S/C17H15BrClF2N5OS/c18-8-3-4-11-9(6-23-26(11)7-8)12-14(19)28-16(24-12)15(27)25-13-10(22)2-1-5-17(13,20)21/h3-4,6-7,10,13H,1-2,5,22H2,(H,25,27). The van der Waals surface area contributed by atoms with E-state index in [1.54, 1.807) is 16.9 Å². The summed E-state index contributed by atoms with van der Waals surface area (Å²) in [5, 5.41) is 6.61. The Bertz CT molecular complexity index is 1060. The number of carbonyl (C=O) groups is 1. The molecule has 1 aliphatic rings. The van der Waals surface area contributed by atoms with E-state index in [1.165, 1.54) is 0 Å². The molecule has 3 N–H and O–H groups in total. The maximum atomic E-state index is 14.2. The molecule has 1 aliphatic carbocycles. The Labute approximate surface area is 176 Å². The number of rotatable bonds is 3. The molecule has 0 bridgehead atoms. The van der Waals surface area contributed by atoms with Crippen LogP contribution in [0.3, 0.4) is 0 Å². The van der Waals surface area contributed by atoms with Gasteiger partial charge in [-0.15, -0.1) is 0 Å². The molecule has 2 unspecified atom stereocenters. The summed E-state index contributed by atoms with van der Waals surface area (Å²) in [4.78, 5) is 16.8. The van der Waals surface area contributed by atoms with Gasteiger partial charge in [-0.1, -0.05) is 22.9 Å². The maximum absolute atomic E-state index is 14.2. The summed E-state index contributed by atoms with van der Waals surface area (Å²) < 4.78 is 31.1. The fraction of sp³-hybridized carbons (Fsp3) is 0.353. The van der Waals surface area contributed by atoms with Crippen LogP contribution in [0.5, 0.6) is 0 Å². The molecule has 0 saturated heterocycles. The van der Waals surface area contributed by atoms with Crippen LogP contribution in [0.25, 0.3) is 16.8 Å². The van der Waals surface area contributed by atoms with E-state index in [-0.39, 0.29) is 15.8 Å². The van der Waals surface area contributed by atoms with Crippen LogP contribution in [-0.4, -0.2) is 38.5 Å². The average molecular weight is 491 g/mol. The third-order valence-electron chi connectivity index (χ3n) is 4.73. The number of hydrogen-bond acceptors (Lipinski definition) is 5. The van der Waals surface area contributed by atoms with Crippen molar-refractivity contribution < 1.29 is 13.6 Å². The van der Waals surface area contributed by atoms with Crippen LogP contribution in [0.15, 0.2) is 29.0 Å². The van der Waals surface area contributed by atoms with E-state index in [1.807, 2.05) is 12.1 Å². The summed E-state index contributed by atoms with van der Waals surface area (Å²) >= 11 is 10.6. The molecule has 1 amide bonds. The zero-order chi connectivity index (χ0) is 20.1. The number of nitrogens with one attached hydrogen (secondary N) is 1. The molecule has 2 atom stereocenters. The van der Waals surface area contributed by atoms with Gasteiger partial charge >= 0.3 is 0 Å². The molecular formula is C17H15BrClF2N5OS. The van der Waals surface area contributed by atoms with Crippen LogP contribution in [0.1, 0.15) is 29.1 Å². The normalized spacial score (nSPS) is 21.8. The molecule has 4 rings (SSSR count). The van der Waals surface area contributed by atoms with Crippen molar-refractivity contribution in [2.24, 2.45) is 5.73 Å². The van der Waals surface area contributed by atoms with Gasteiger partial charge in [-0.05, 0) is 40.9 Å². The third kappa shape index (κ3) is 3.54. The summed E-state index contributed by atoms with van der Waals surface area (Å²) in [6.45, 7) is 0. The summed E-state index contributed by atoms with van der Waals surface area (Å²) in [5.41, 5.74) is 7.60. The highest BCUT2D eigenvalue weighted by Crippen LogP contribution is 2.36. The van der Waals surface area contributed by atoms with Crippen molar-refractivity contribution in [1.82, 2.24) is 19.9 Å². The van der Waals surface area contributed by atoms with Crippen LogP contribution in [0.2, 0.25) is 4.34 Å². The molecule has 28 heavy (non-hydrogen) atoms. The van der Waals surface area contributed by atoms with Gasteiger partial charge < -0.3 is 11.1 Å². The smallest absolute Gasteiger partial charge is 0.280 e. The Balaban J connectivity index is 1.63. The lowest BCUT2D eigenvalue weighted by atomic mass is 9.87. The van der Waals surface area contributed by atoms with Crippen LogP contribution in [0, 0.1) is 0 Å². The number of aromatic nitrogens is 3. The predicted octanol–water partition coefficient (Wildman–Crippen LogP) is 4.12.